The minimum Gasteiger partial charge on any atom is -0.297 e. The first-order valence-electron chi connectivity index (χ1n) is 8.76. The third-order valence-corrected chi connectivity index (χ3v) is 5.59. The Morgan fingerprint density at radius 1 is 0.680 bits per heavy atom. The van der Waals surface area contributed by atoms with Gasteiger partial charge in [0.15, 0.2) is 17.3 Å². The molecule has 2 aliphatic rings. The molecule has 2 aliphatic carbocycles. The number of carbonyl (C=O) groups excluding carboxylic acids is 3. The maximum Gasteiger partial charge on any atom is 0.176 e. The summed E-state index contributed by atoms with van der Waals surface area (Å²) in [5.74, 6) is -0.398. The summed E-state index contributed by atoms with van der Waals surface area (Å²) < 4.78 is 0. The van der Waals surface area contributed by atoms with E-state index >= 15 is 0 Å². The Bertz CT molecular complexity index is 854. The van der Waals surface area contributed by atoms with E-state index in [4.69, 9.17) is 0 Å². The quantitative estimate of drug-likeness (QED) is 0.589. The van der Waals surface area contributed by atoms with Gasteiger partial charge in [-0.05, 0) is 32.6 Å². The molecule has 0 heterocycles. The van der Waals surface area contributed by atoms with Crippen LogP contribution in [-0.2, 0) is 4.79 Å². The lowest BCUT2D eigenvalue weighted by Crippen LogP contribution is -2.37. The number of Topliss-reactive ketones (excluding diaryl/α,β-unsaturated/α-hetero) is 3. The molecule has 0 atom stereocenters. The molecule has 0 radical (unpaired) electrons. The summed E-state index contributed by atoms with van der Waals surface area (Å²) in [4.78, 5) is 39.2. The third kappa shape index (κ3) is 2.46. The summed E-state index contributed by atoms with van der Waals surface area (Å²) in [5, 5.41) is 0. The van der Waals surface area contributed by atoms with Gasteiger partial charge in [-0.15, -0.1) is 0 Å². The average molecular weight is 332 g/mol. The van der Waals surface area contributed by atoms with Crippen LogP contribution in [0.1, 0.15) is 52.0 Å². The van der Waals surface area contributed by atoms with Gasteiger partial charge in [-0.25, -0.2) is 0 Å². The second kappa shape index (κ2) is 5.48. The van der Waals surface area contributed by atoms with E-state index < -0.39 is 10.8 Å². The van der Waals surface area contributed by atoms with E-state index in [2.05, 4.69) is 0 Å². The van der Waals surface area contributed by atoms with Crippen molar-refractivity contribution in [2.45, 2.75) is 32.6 Å². The molecule has 0 saturated heterocycles. The first kappa shape index (κ1) is 15.9. The van der Waals surface area contributed by atoms with Crippen LogP contribution in [0.2, 0.25) is 0 Å². The fraction of sp³-hybridized carbons (Fsp3) is 0.318. The Morgan fingerprint density at radius 2 is 1.12 bits per heavy atom. The van der Waals surface area contributed by atoms with E-state index in [0.717, 1.165) is 5.56 Å². The van der Waals surface area contributed by atoms with Crippen LogP contribution in [0.15, 0.2) is 54.6 Å². The molecule has 126 valence electrons. The molecule has 2 aromatic rings. The van der Waals surface area contributed by atoms with Crippen molar-refractivity contribution in [3.8, 4) is 0 Å². The standard InChI is InChI=1S/C22H20O3/c1-15-7-9-17(10-8-15)19(24)22(13-14-22)20(25)21(11-12-21)18(23)16-5-3-2-4-6-16/h2-10H,11-14H2,1H3. The van der Waals surface area contributed by atoms with Gasteiger partial charge >= 0.3 is 0 Å². The van der Waals surface area contributed by atoms with Crippen LogP contribution in [0, 0.1) is 17.8 Å². The van der Waals surface area contributed by atoms with E-state index in [1.165, 1.54) is 0 Å². The van der Waals surface area contributed by atoms with Crippen LogP contribution < -0.4 is 0 Å². The van der Waals surface area contributed by atoms with E-state index in [1.54, 1.807) is 36.4 Å². The molecule has 4 rings (SSSR count). The first-order chi connectivity index (χ1) is 12.0. The van der Waals surface area contributed by atoms with Gasteiger partial charge in [0.25, 0.3) is 0 Å². The summed E-state index contributed by atoms with van der Waals surface area (Å²) in [7, 11) is 0. The molecule has 3 heteroatoms. The van der Waals surface area contributed by atoms with Gasteiger partial charge in [0.2, 0.25) is 0 Å². The summed E-state index contributed by atoms with van der Waals surface area (Å²) in [6.45, 7) is 1.96. The van der Waals surface area contributed by atoms with Crippen LogP contribution >= 0.6 is 0 Å². The lowest BCUT2D eigenvalue weighted by atomic mass is 9.78. The third-order valence-electron chi connectivity index (χ3n) is 5.59. The Kier molecular flexibility index (Phi) is 3.50. The summed E-state index contributed by atoms with van der Waals surface area (Å²) in [6.07, 6.45) is 2.23. The molecular formula is C22H20O3. The highest BCUT2D eigenvalue weighted by Gasteiger charge is 2.68. The van der Waals surface area contributed by atoms with Gasteiger partial charge in [-0.3, -0.25) is 14.4 Å². The van der Waals surface area contributed by atoms with Gasteiger partial charge in [0.05, 0.1) is 10.8 Å². The highest BCUT2D eigenvalue weighted by molar-refractivity contribution is 6.27. The van der Waals surface area contributed by atoms with Crippen LogP contribution in [0.3, 0.4) is 0 Å². The van der Waals surface area contributed by atoms with Crippen molar-refractivity contribution in [3.05, 3.63) is 71.3 Å². The second-order valence-electron chi connectivity index (χ2n) is 7.38. The molecule has 0 aromatic heterocycles. The van der Waals surface area contributed by atoms with E-state index in [-0.39, 0.29) is 17.3 Å². The summed E-state index contributed by atoms with van der Waals surface area (Å²) in [6, 6.07) is 16.3. The SMILES string of the molecule is Cc1ccc(C(=O)C2(C(=O)C3(C(=O)c4ccccc4)CC3)CC2)cc1. The number of benzene rings is 2. The van der Waals surface area contributed by atoms with Crippen LogP contribution in [-0.4, -0.2) is 17.3 Å². The lowest BCUT2D eigenvalue weighted by Gasteiger charge is -2.20. The van der Waals surface area contributed by atoms with Crippen molar-refractivity contribution in [1.29, 1.82) is 0 Å². The van der Waals surface area contributed by atoms with Gasteiger partial charge < -0.3 is 0 Å². The summed E-state index contributed by atoms with van der Waals surface area (Å²) in [5.41, 5.74) is 0.256. The van der Waals surface area contributed by atoms with Gasteiger partial charge in [0, 0.05) is 11.1 Å². The predicted molar refractivity (Wildman–Crippen MR) is 94.6 cm³/mol. The zero-order valence-corrected chi connectivity index (χ0v) is 14.2. The maximum absolute atomic E-state index is 13.3. The Hall–Kier alpha value is -2.55. The molecule has 0 N–H and O–H groups in total. The highest BCUT2D eigenvalue weighted by Crippen LogP contribution is 2.60. The zero-order valence-electron chi connectivity index (χ0n) is 14.2. The number of ketones is 3. The monoisotopic (exact) mass is 332 g/mol. The van der Waals surface area contributed by atoms with Crippen molar-refractivity contribution in [3.63, 3.8) is 0 Å². The highest BCUT2D eigenvalue weighted by atomic mass is 16.2. The molecule has 2 fully saturated rings. The predicted octanol–water partition coefficient (Wildman–Crippen LogP) is 4.19. The molecule has 25 heavy (non-hydrogen) atoms. The summed E-state index contributed by atoms with van der Waals surface area (Å²) >= 11 is 0. The molecule has 0 amide bonds. The van der Waals surface area contributed by atoms with Gasteiger partial charge in [-0.1, -0.05) is 60.2 Å². The molecule has 2 saturated carbocycles. The maximum atomic E-state index is 13.3. The second-order valence-corrected chi connectivity index (χ2v) is 7.38. The van der Waals surface area contributed by atoms with E-state index in [9.17, 15) is 14.4 Å². The van der Waals surface area contributed by atoms with Crippen molar-refractivity contribution in [1.82, 2.24) is 0 Å². The molecule has 0 aliphatic heterocycles. The van der Waals surface area contributed by atoms with E-state index in [1.807, 2.05) is 25.1 Å². The van der Waals surface area contributed by atoms with Crippen LogP contribution in [0.5, 0.6) is 0 Å². The number of rotatable bonds is 6. The lowest BCUT2D eigenvalue weighted by molar-refractivity contribution is -0.126. The largest absolute Gasteiger partial charge is 0.297 e. The fourth-order valence-corrected chi connectivity index (χ4v) is 3.67. The Balaban J connectivity index is 1.63. The number of carbonyl (C=O) groups is 3. The molecule has 0 bridgehead atoms. The Morgan fingerprint density at radius 3 is 1.56 bits per heavy atom. The molecule has 2 aromatic carbocycles. The fourth-order valence-electron chi connectivity index (χ4n) is 3.67. The smallest absolute Gasteiger partial charge is 0.176 e. The van der Waals surface area contributed by atoms with Crippen molar-refractivity contribution in [2.75, 3.05) is 0 Å². The van der Waals surface area contributed by atoms with Gasteiger partial charge in [-0.2, -0.15) is 0 Å². The number of aryl methyl sites for hydroxylation is 1. The average Bonchev–Trinajstić information content (AvgIpc) is 3.56. The van der Waals surface area contributed by atoms with Crippen molar-refractivity contribution in [2.24, 2.45) is 10.8 Å². The topological polar surface area (TPSA) is 51.2 Å². The molecular weight excluding hydrogens is 312 g/mol. The minimum atomic E-state index is -0.976. The van der Waals surface area contributed by atoms with Gasteiger partial charge in [0.1, 0.15) is 0 Å². The number of hydrogen-bond acceptors (Lipinski definition) is 3. The first-order valence-corrected chi connectivity index (χ1v) is 8.76. The van der Waals surface area contributed by atoms with Crippen LogP contribution in [0.25, 0.3) is 0 Å². The van der Waals surface area contributed by atoms with Crippen molar-refractivity contribution < 1.29 is 14.4 Å². The molecule has 3 nitrogen and oxygen atoms in total. The van der Waals surface area contributed by atoms with Crippen LogP contribution in [0.4, 0.5) is 0 Å². The normalized spacial score (nSPS) is 19.1. The molecule has 0 unspecified atom stereocenters. The zero-order chi connectivity index (χ0) is 17.7. The minimum absolute atomic E-state index is 0.121. The molecule has 0 spiro atoms. The Labute approximate surface area is 147 Å². The van der Waals surface area contributed by atoms with Crippen molar-refractivity contribution >= 4 is 17.3 Å². The van der Waals surface area contributed by atoms with E-state index in [0.29, 0.717) is 36.8 Å². The number of hydrogen-bond donors (Lipinski definition) is 0.